The third-order valence-electron chi connectivity index (χ3n) is 13.8. The molecule has 20 heteroatoms. The van der Waals surface area contributed by atoms with Gasteiger partial charge in [-0.3, -0.25) is 29.0 Å². The zero-order valence-electron chi connectivity index (χ0n) is 47.4. The second kappa shape index (κ2) is 30.0. The Morgan fingerprint density at radius 2 is 0.934 bits per heavy atom. The quantitative estimate of drug-likeness (QED) is 0.0715. The number of aryl methyl sites for hydroxylation is 2. The minimum atomic E-state index is -1.26. The van der Waals surface area contributed by atoms with Crippen molar-refractivity contribution in [3.05, 3.63) is 71.3 Å². The molecule has 18 nitrogen and oxygen atoms in total. The van der Waals surface area contributed by atoms with E-state index in [4.69, 9.17) is 21.7 Å². The lowest BCUT2D eigenvalue weighted by atomic mass is 9.86. The molecule has 2 aromatic carbocycles. The molecular weight excluding hydrogens is 983 g/mol. The molecule has 4 amide bonds. The van der Waals surface area contributed by atoms with Gasteiger partial charge in [0.25, 0.3) is 0 Å². The molecule has 0 spiro atoms. The van der Waals surface area contributed by atoms with Gasteiger partial charge in [-0.1, -0.05) is 67.5 Å². The molecule has 0 aliphatic carbocycles. The lowest BCUT2D eigenvalue weighted by Crippen LogP contribution is -2.64. The van der Waals surface area contributed by atoms with E-state index in [0.29, 0.717) is 74.6 Å². The monoisotopic (exact) mass is 1070 g/mol. The van der Waals surface area contributed by atoms with Gasteiger partial charge in [-0.2, -0.15) is 0 Å². The molecule has 4 rings (SSSR count). The fraction of sp³-hybridized carbons (Fsp3) is 0.643. The van der Waals surface area contributed by atoms with E-state index in [1.54, 1.807) is 21.9 Å². The molecule has 6 atom stereocenters. The Balaban J connectivity index is 0.000000454. The summed E-state index contributed by atoms with van der Waals surface area (Å²) in [5.74, 6) is -3.55. The summed E-state index contributed by atoms with van der Waals surface area (Å²) in [6, 6.07) is 7.67. The lowest BCUT2D eigenvalue weighted by molar-refractivity contribution is -0.134. The second-order valence-electron chi connectivity index (χ2n) is 23.1. The van der Waals surface area contributed by atoms with Crippen molar-refractivity contribution in [2.24, 2.45) is 47.0 Å². The number of benzene rings is 2. The smallest absolute Gasteiger partial charge is 0.328 e. The molecule has 10 N–H and O–H groups in total. The maximum absolute atomic E-state index is 13.8. The molecule has 2 aromatic rings. The van der Waals surface area contributed by atoms with Crippen LogP contribution in [0.3, 0.4) is 0 Å². The Labute approximate surface area is 449 Å². The molecule has 0 radical (unpaired) electrons. The van der Waals surface area contributed by atoms with E-state index >= 15 is 0 Å². The van der Waals surface area contributed by atoms with E-state index in [2.05, 4.69) is 10.6 Å². The third kappa shape index (κ3) is 21.2. The van der Waals surface area contributed by atoms with Crippen molar-refractivity contribution >= 4 is 46.9 Å². The number of aliphatic hydroxyl groups is 2. The van der Waals surface area contributed by atoms with Crippen molar-refractivity contribution in [3.63, 3.8) is 0 Å². The Morgan fingerprint density at radius 3 is 1.21 bits per heavy atom. The van der Waals surface area contributed by atoms with E-state index < -0.39 is 47.3 Å². The topological polar surface area (TPSA) is 272 Å². The van der Waals surface area contributed by atoms with Crippen LogP contribution in [0, 0.1) is 61.0 Å². The Morgan fingerprint density at radius 1 is 0.618 bits per heavy atom. The van der Waals surface area contributed by atoms with E-state index in [9.17, 15) is 47.8 Å². The maximum atomic E-state index is 13.8. The first kappa shape index (κ1) is 66.7. The SMILES string of the molecule is Cc1ccc(F)cc1N1CC(C)(C)N(C[C@H](N)[C@@H](O)C[C@H](C(=O)NCC(C)C)C(C)C)CC1=O.Cc1ccc(F)cc1N1CC(C)(C)N(C[C@H](N)[C@@H](O)C[C@H](C(=O)NCC(C)C)C(C)C)CC1=O.O=C(O)/C=C/C(=O)O. The van der Waals surface area contributed by atoms with Gasteiger partial charge < -0.3 is 52.3 Å². The Hall–Kier alpha value is -5.38. The van der Waals surface area contributed by atoms with Crippen molar-refractivity contribution in [3.8, 4) is 0 Å². The number of aliphatic carboxylic acids is 2. The first-order chi connectivity index (χ1) is 35.1. The number of carboxylic acid groups (broad SMARTS) is 2. The average Bonchev–Trinajstić information content (AvgIpc) is 3.31. The average molecular weight is 1070 g/mol. The van der Waals surface area contributed by atoms with Crippen molar-refractivity contribution < 1.29 is 58.0 Å². The Bertz CT molecular complexity index is 2140. The fourth-order valence-corrected chi connectivity index (χ4v) is 8.88. The normalized spacial score (nSPS) is 18.4. The van der Waals surface area contributed by atoms with Gasteiger partial charge in [0, 0.05) is 97.8 Å². The Kier molecular flexibility index (Phi) is 26.3. The molecule has 2 heterocycles. The number of hydrogen-bond acceptors (Lipinski definition) is 12. The molecule has 76 heavy (non-hydrogen) atoms. The number of carbonyl (C=O) groups is 6. The van der Waals surface area contributed by atoms with Gasteiger partial charge in [0.1, 0.15) is 11.6 Å². The molecule has 2 saturated heterocycles. The van der Waals surface area contributed by atoms with Crippen LogP contribution >= 0.6 is 0 Å². The minimum absolute atomic E-state index is 0.0603. The second-order valence-corrected chi connectivity index (χ2v) is 23.1. The molecule has 0 bridgehead atoms. The van der Waals surface area contributed by atoms with Gasteiger partial charge >= 0.3 is 11.9 Å². The van der Waals surface area contributed by atoms with Crippen LogP contribution in [-0.4, -0.2) is 154 Å². The summed E-state index contributed by atoms with van der Waals surface area (Å²) in [6.45, 7) is 30.6. The number of amides is 4. The number of rotatable bonds is 22. The summed E-state index contributed by atoms with van der Waals surface area (Å²) in [5.41, 5.74) is 14.7. The largest absolute Gasteiger partial charge is 0.478 e. The number of halogens is 2. The number of carbonyl (C=O) groups excluding carboxylic acids is 4. The molecule has 2 fully saturated rings. The van der Waals surface area contributed by atoms with Gasteiger partial charge in [0.05, 0.1) is 25.3 Å². The van der Waals surface area contributed by atoms with Crippen LogP contribution in [0.25, 0.3) is 0 Å². The van der Waals surface area contributed by atoms with Crippen LogP contribution in [0.1, 0.15) is 107 Å². The number of nitrogens with two attached hydrogens (primary N) is 2. The molecular formula is C56H90F2N8O10. The van der Waals surface area contributed by atoms with Gasteiger partial charge in [0.2, 0.25) is 23.6 Å². The standard InChI is InChI=1S/2C26H43FN4O3.C4H4O4/c2*1-16(2)12-29-25(34)20(17(3)4)11-23(32)21(28)13-30-14-24(33)31(15-26(30,6)7)22-10-19(27)9-8-18(22)5;5-3(6)1-2-4(7)8/h2*8-10,16-17,20-21,23,32H,11-15,28H2,1-7H3,(H,29,34);1-2H,(H,5,6)(H,7,8)/b;;2-1+/t2*20-,21-,23-;/m00./s1. The van der Waals surface area contributed by atoms with Crippen LogP contribution in [0.2, 0.25) is 0 Å². The molecule has 428 valence electrons. The molecule has 2 aliphatic heterocycles. The highest BCUT2D eigenvalue weighted by Gasteiger charge is 2.42. The lowest BCUT2D eigenvalue weighted by Gasteiger charge is -2.48. The number of hydrogen-bond donors (Lipinski definition) is 8. The van der Waals surface area contributed by atoms with Gasteiger partial charge in [-0.25, -0.2) is 18.4 Å². The number of piperazine rings is 2. The zero-order chi connectivity index (χ0) is 58.2. The maximum Gasteiger partial charge on any atom is 0.328 e. The summed E-state index contributed by atoms with van der Waals surface area (Å²) in [6.07, 6.45) is -0.123. The van der Waals surface area contributed by atoms with E-state index in [1.165, 1.54) is 24.3 Å². The van der Waals surface area contributed by atoms with E-state index in [1.807, 2.05) is 107 Å². The first-order valence-corrected chi connectivity index (χ1v) is 26.3. The van der Waals surface area contributed by atoms with Gasteiger partial charge in [-0.05, 0) is 113 Å². The highest BCUT2D eigenvalue weighted by molar-refractivity contribution is 5.97. The van der Waals surface area contributed by atoms with Crippen molar-refractivity contribution in [1.29, 1.82) is 0 Å². The predicted molar refractivity (Wildman–Crippen MR) is 292 cm³/mol. The van der Waals surface area contributed by atoms with Crippen molar-refractivity contribution in [1.82, 2.24) is 20.4 Å². The first-order valence-electron chi connectivity index (χ1n) is 26.3. The summed E-state index contributed by atoms with van der Waals surface area (Å²) < 4.78 is 27.7. The molecule has 0 unspecified atom stereocenters. The van der Waals surface area contributed by atoms with E-state index in [0.717, 1.165) is 11.1 Å². The van der Waals surface area contributed by atoms with Gasteiger partial charge in [-0.15, -0.1) is 0 Å². The number of nitrogens with one attached hydrogen (secondary N) is 2. The van der Waals surface area contributed by atoms with Crippen molar-refractivity contribution in [2.45, 2.75) is 145 Å². The van der Waals surface area contributed by atoms with Crippen LogP contribution in [0.15, 0.2) is 48.6 Å². The summed E-state index contributed by atoms with van der Waals surface area (Å²) in [4.78, 5) is 77.6. The molecule has 0 aromatic heterocycles. The number of carboxylic acids is 2. The minimum Gasteiger partial charge on any atom is -0.478 e. The third-order valence-corrected chi connectivity index (χ3v) is 13.8. The summed E-state index contributed by atoms with van der Waals surface area (Å²) >= 11 is 0. The number of nitrogens with zero attached hydrogens (tertiary/aromatic N) is 4. The summed E-state index contributed by atoms with van der Waals surface area (Å²) in [5, 5.41) is 43.3. The highest BCUT2D eigenvalue weighted by Crippen LogP contribution is 2.32. The van der Waals surface area contributed by atoms with Crippen LogP contribution in [-0.2, 0) is 28.8 Å². The zero-order valence-corrected chi connectivity index (χ0v) is 47.4. The highest BCUT2D eigenvalue weighted by atomic mass is 19.1. The predicted octanol–water partition coefficient (Wildman–Crippen LogP) is 5.08. The van der Waals surface area contributed by atoms with Crippen LogP contribution < -0.4 is 31.9 Å². The number of anilines is 2. The fourth-order valence-electron chi connectivity index (χ4n) is 8.88. The van der Waals surface area contributed by atoms with Crippen molar-refractivity contribution in [2.75, 3.05) is 62.2 Å². The van der Waals surface area contributed by atoms with E-state index in [-0.39, 0.29) is 84.9 Å². The van der Waals surface area contributed by atoms with Gasteiger partial charge in [0.15, 0.2) is 0 Å². The summed E-state index contributed by atoms with van der Waals surface area (Å²) in [7, 11) is 0. The molecule has 0 saturated carbocycles. The number of aliphatic hydroxyl groups excluding tert-OH is 2. The molecule has 2 aliphatic rings. The van der Waals surface area contributed by atoms with Crippen LogP contribution in [0.5, 0.6) is 0 Å². The van der Waals surface area contributed by atoms with Crippen LogP contribution in [0.4, 0.5) is 20.2 Å².